The van der Waals surface area contributed by atoms with Gasteiger partial charge in [-0.15, -0.1) is 0 Å². The molecular weight excluding hydrogens is 347 g/mol. The number of rotatable bonds is 5. The minimum absolute atomic E-state index is 0.0639. The van der Waals surface area contributed by atoms with Crippen LogP contribution < -0.4 is 10.1 Å². The van der Waals surface area contributed by atoms with Crippen LogP contribution in [0.5, 0.6) is 11.6 Å². The molecule has 6 heteroatoms. The first kappa shape index (κ1) is 15.2. The van der Waals surface area contributed by atoms with Crippen LogP contribution in [0.15, 0.2) is 34.9 Å². The third kappa shape index (κ3) is 3.91. The number of halogens is 3. The summed E-state index contributed by atoms with van der Waals surface area (Å²) in [6.45, 7) is 3.47. The van der Waals surface area contributed by atoms with Gasteiger partial charge >= 0.3 is 0 Å². The maximum absolute atomic E-state index is 13.4. The Balaban J connectivity index is 2.25. The van der Waals surface area contributed by atoms with Gasteiger partial charge in [0.2, 0.25) is 5.88 Å². The van der Waals surface area contributed by atoms with Crippen molar-refractivity contribution in [2.75, 3.05) is 6.54 Å². The first-order valence-corrected chi connectivity index (χ1v) is 7.25. The van der Waals surface area contributed by atoms with E-state index in [0.29, 0.717) is 18.2 Å². The molecule has 0 spiro atoms. The van der Waals surface area contributed by atoms with E-state index in [0.717, 1.165) is 16.6 Å². The van der Waals surface area contributed by atoms with Crippen molar-refractivity contribution in [3.05, 3.63) is 51.3 Å². The molecule has 0 saturated heterocycles. The number of nitrogens with zero attached hydrogens (tertiary/aromatic N) is 1. The fraction of sp³-hybridized carbons (Fsp3) is 0.214. The number of nitrogens with one attached hydrogen (secondary N) is 1. The Labute approximate surface area is 130 Å². The minimum atomic E-state index is -0.519. The molecule has 0 bridgehead atoms. The molecule has 2 aromatic rings. The quantitative estimate of drug-likeness (QED) is 0.851. The van der Waals surface area contributed by atoms with Gasteiger partial charge < -0.3 is 10.1 Å². The molecule has 20 heavy (non-hydrogen) atoms. The monoisotopic (exact) mass is 358 g/mol. The van der Waals surface area contributed by atoms with Crippen molar-refractivity contribution in [2.45, 2.75) is 13.5 Å². The second kappa shape index (κ2) is 7.02. The zero-order chi connectivity index (χ0) is 14.5. The van der Waals surface area contributed by atoms with Crippen LogP contribution in [0.2, 0.25) is 5.02 Å². The molecule has 0 fully saturated rings. The van der Waals surface area contributed by atoms with E-state index in [-0.39, 0.29) is 5.02 Å². The van der Waals surface area contributed by atoms with Crippen LogP contribution >= 0.6 is 27.5 Å². The first-order valence-electron chi connectivity index (χ1n) is 6.08. The molecule has 0 radical (unpaired) electrons. The van der Waals surface area contributed by atoms with Crippen molar-refractivity contribution < 1.29 is 9.13 Å². The molecule has 0 aliphatic rings. The maximum Gasteiger partial charge on any atom is 0.223 e. The fourth-order valence-electron chi connectivity index (χ4n) is 1.60. The van der Waals surface area contributed by atoms with Crippen LogP contribution in [-0.4, -0.2) is 11.5 Å². The third-order valence-electron chi connectivity index (χ3n) is 2.56. The summed E-state index contributed by atoms with van der Waals surface area (Å²) in [5, 5.41) is 3.27. The molecule has 106 valence electrons. The van der Waals surface area contributed by atoms with E-state index in [2.05, 4.69) is 26.2 Å². The Bertz CT molecular complexity index is 610. The second-order valence-electron chi connectivity index (χ2n) is 4.08. The van der Waals surface area contributed by atoms with Crippen molar-refractivity contribution in [3.8, 4) is 11.6 Å². The number of benzene rings is 1. The van der Waals surface area contributed by atoms with E-state index in [1.54, 1.807) is 12.3 Å². The van der Waals surface area contributed by atoms with Gasteiger partial charge in [-0.3, -0.25) is 0 Å². The topological polar surface area (TPSA) is 34.2 Å². The lowest BCUT2D eigenvalue weighted by Gasteiger charge is -2.11. The summed E-state index contributed by atoms with van der Waals surface area (Å²) in [6, 6.07) is 6.21. The van der Waals surface area contributed by atoms with E-state index < -0.39 is 5.82 Å². The largest absolute Gasteiger partial charge is 0.439 e. The highest BCUT2D eigenvalue weighted by Crippen LogP contribution is 2.27. The summed E-state index contributed by atoms with van der Waals surface area (Å²) in [7, 11) is 0. The average molecular weight is 360 g/mol. The second-order valence-corrected chi connectivity index (χ2v) is 5.40. The van der Waals surface area contributed by atoms with Crippen LogP contribution in [0.4, 0.5) is 4.39 Å². The van der Waals surface area contributed by atoms with Gasteiger partial charge in [0, 0.05) is 28.8 Å². The Morgan fingerprint density at radius 1 is 1.40 bits per heavy atom. The molecule has 1 heterocycles. The lowest BCUT2D eigenvalue weighted by Crippen LogP contribution is -2.13. The standard InChI is InChI=1S/C14H13BrClFN2O/c1-2-18-7-9-5-10(15)8-19-14(9)20-11-3-4-12(16)13(17)6-11/h3-6,8,18H,2,7H2,1H3. The lowest BCUT2D eigenvalue weighted by molar-refractivity contribution is 0.449. The Kier molecular flexibility index (Phi) is 5.34. The number of hydrogen-bond donors (Lipinski definition) is 1. The number of ether oxygens (including phenoxy) is 1. The zero-order valence-corrected chi connectivity index (χ0v) is 13.1. The SMILES string of the molecule is CCNCc1cc(Br)cnc1Oc1ccc(Cl)c(F)c1. The summed E-state index contributed by atoms with van der Waals surface area (Å²) in [6.07, 6.45) is 1.64. The molecule has 0 amide bonds. The number of pyridine rings is 1. The zero-order valence-electron chi connectivity index (χ0n) is 10.8. The third-order valence-corrected chi connectivity index (χ3v) is 3.30. The molecule has 3 nitrogen and oxygen atoms in total. The molecule has 0 saturated carbocycles. The lowest BCUT2D eigenvalue weighted by atomic mass is 10.2. The average Bonchev–Trinajstić information content (AvgIpc) is 2.43. The molecule has 0 atom stereocenters. The highest BCUT2D eigenvalue weighted by Gasteiger charge is 2.09. The summed E-state index contributed by atoms with van der Waals surface area (Å²) in [5.74, 6) is 0.282. The van der Waals surface area contributed by atoms with Crippen molar-refractivity contribution in [1.29, 1.82) is 0 Å². The van der Waals surface area contributed by atoms with E-state index in [4.69, 9.17) is 16.3 Å². The van der Waals surface area contributed by atoms with Crippen molar-refractivity contribution in [1.82, 2.24) is 10.3 Å². The van der Waals surface area contributed by atoms with Crippen LogP contribution in [-0.2, 0) is 6.54 Å². The summed E-state index contributed by atoms with van der Waals surface area (Å²) < 4.78 is 19.9. The van der Waals surface area contributed by atoms with Gasteiger partial charge in [0.05, 0.1) is 5.02 Å². The van der Waals surface area contributed by atoms with Crippen LogP contribution in [0.3, 0.4) is 0 Å². The number of hydrogen-bond acceptors (Lipinski definition) is 3. The molecule has 1 N–H and O–H groups in total. The van der Waals surface area contributed by atoms with Gasteiger partial charge in [-0.25, -0.2) is 9.37 Å². The van der Waals surface area contributed by atoms with Gasteiger partial charge in [0.1, 0.15) is 11.6 Å². The smallest absolute Gasteiger partial charge is 0.223 e. The Morgan fingerprint density at radius 2 is 2.20 bits per heavy atom. The van der Waals surface area contributed by atoms with Crippen LogP contribution in [0, 0.1) is 5.82 Å². The molecule has 2 rings (SSSR count). The summed E-state index contributed by atoms with van der Waals surface area (Å²) in [5.41, 5.74) is 0.886. The van der Waals surface area contributed by atoms with Gasteiger partial charge in [-0.05, 0) is 40.7 Å². The maximum atomic E-state index is 13.4. The van der Waals surface area contributed by atoms with E-state index in [1.165, 1.54) is 12.1 Å². The highest BCUT2D eigenvalue weighted by molar-refractivity contribution is 9.10. The normalized spacial score (nSPS) is 10.6. The van der Waals surface area contributed by atoms with Crippen LogP contribution in [0.25, 0.3) is 0 Å². The predicted molar refractivity (Wildman–Crippen MR) is 80.8 cm³/mol. The Morgan fingerprint density at radius 3 is 2.90 bits per heavy atom. The van der Waals surface area contributed by atoms with E-state index in [1.807, 2.05) is 13.0 Å². The van der Waals surface area contributed by atoms with Gasteiger partial charge in [0.25, 0.3) is 0 Å². The Hall–Kier alpha value is -1.17. The molecule has 0 unspecified atom stereocenters. The molecular formula is C14H13BrClFN2O. The molecule has 0 aliphatic carbocycles. The number of aromatic nitrogens is 1. The summed E-state index contributed by atoms with van der Waals surface area (Å²) in [4.78, 5) is 4.21. The fourth-order valence-corrected chi connectivity index (χ4v) is 2.10. The molecule has 1 aromatic heterocycles. The molecule has 1 aromatic carbocycles. The van der Waals surface area contributed by atoms with Crippen molar-refractivity contribution >= 4 is 27.5 Å². The molecule has 0 aliphatic heterocycles. The predicted octanol–water partition coefficient (Wildman–Crippen LogP) is 4.54. The first-order chi connectivity index (χ1) is 9.60. The highest BCUT2D eigenvalue weighted by atomic mass is 79.9. The summed E-state index contributed by atoms with van der Waals surface area (Å²) >= 11 is 9.01. The van der Waals surface area contributed by atoms with E-state index >= 15 is 0 Å². The van der Waals surface area contributed by atoms with Crippen LogP contribution in [0.1, 0.15) is 12.5 Å². The van der Waals surface area contributed by atoms with Gasteiger partial charge in [-0.1, -0.05) is 18.5 Å². The van der Waals surface area contributed by atoms with Crippen molar-refractivity contribution in [2.24, 2.45) is 0 Å². The van der Waals surface area contributed by atoms with Gasteiger partial charge in [0.15, 0.2) is 0 Å². The van der Waals surface area contributed by atoms with Crippen molar-refractivity contribution in [3.63, 3.8) is 0 Å². The van der Waals surface area contributed by atoms with E-state index in [9.17, 15) is 4.39 Å². The van der Waals surface area contributed by atoms with Gasteiger partial charge in [-0.2, -0.15) is 0 Å². The minimum Gasteiger partial charge on any atom is -0.439 e.